The molecule has 82 valence electrons. The average molecular weight is 204 g/mol. The van der Waals surface area contributed by atoms with Gasteiger partial charge in [0.15, 0.2) is 0 Å². The topological polar surface area (TPSA) is 24.9 Å². The van der Waals surface area contributed by atoms with E-state index in [1.54, 1.807) is 0 Å². The summed E-state index contributed by atoms with van der Waals surface area (Å²) in [6.45, 7) is 6.86. The number of aromatic nitrogens is 1. The second kappa shape index (κ2) is 3.93. The summed E-state index contributed by atoms with van der Waals surface area (Å²) in [5.74, 6) is 0. The van der Waals surface area contributed by atoms with E-state index in [-0.39, 0.29) is 0 Å². The predicted octanol–water partition coefficient (Wildman–Crippen LogP) is 2.92. The van der Waals surface area contributed by atoms with Gasteiger partial charge < -0.3 is 5.32 Å². The fourth-order valence-corrected chi connectivity index (χ4v) is 1.93. The lowest BCUT2D eigenvalue weighted by Gasteiger charge is -2.25. The molecule has 0 saturated heterocycles. The first kappa shape index (κ1) is 10.6. The lowest BCUT2D eigenvalue weighted by molar-refractivity contribution is 0.350. The smallest absolute Gasteiger partial charge is 0.0315 e. The van der Waals surface area contributed by atoms with E-state index >= 15 is 0 Å². The second-order valence-corrected chi connectivity index (χ2v) is 5.05. The first-order chi connectivity index (χ1) is 7.12. The zero-order valence-corrected chi connectivity index (χ0v) is 9.83. The molecular formula is C13H20N2. The van der Waals surface area contributed by atoms with E-state index in [9.17, 15) is 0 Å². The number of hydrogen-bond acceptors (Lipinski definition) is 2. The van der Waals surface area contributed by atoms with Gasteiger partial charge in [0.1, 0.15) is 0 Å². The molecule has 1 heterocycles. The third-order valence-electron chi connectivity index (χ3n) is 3.77. The number of nitrogens with one attached hydrogen (secondary N) is 1. The Morgan fingerprint density at radius 3 is 2.67 bits per heavy atom. The van der Waals surface area contributed by atoms with Crippen LogP contribution in [0.1, 0.15) is 45.2 Å². The van der Waals surface area contributed by atoms with Crippen molar-refractivity contribution in [1.82, 2.24) is 10.3 Å². The molecule has 1 N–H and O–H groups in total. The van der Waals surface area contributed by atoms with Crippen LogP contribution in [0.5, 0.6) is 0 Å². The van der Waals surface area contributed by atoms with Crippen molar-refractivity contribution < 1.29 is 0 Å². The zero-order chi connectivity index (χ0) is 10.9. The van der Waals surface area contributed by atoms with Gasteiger partial charge in [0, 0.05) is 24.5 Å². The molecule has 1 aliphatic rings. The number of rotatable bonds is 4. The van der Waals surface area contributed by atoms with E-state index in [1.165, 1.54) is 18.4 Å². The molecular weight excluding hydrogens is 184 g/mol. The Morgan fingerprint density at radius 1 is 1.40 bits per heavy atom. The second-order valence-electron chi connectivity index (χ2n) is 5.05. The highest BCUT2D eigenvalue weighted by molar-refractivity contribution is 5.13. The van der Waals surface area contributed by atoms with Crippen LogP contribution in [0.15, 0.2) is 24.5 Å². The van der Waals surface area contributed by atoms with Crippen molar-refractivity contribution in [2.45, 2.75) is 45.7 Å². The molecule has 0 aromatic carbocycles. The van der Waals surface area contributed by atoms with Gasteiger partial charge in [-0.2, -0.15) is 0 Å². The average Bonchev–Trinajstić information content (AvgIpc) is 2.99. The summed E-state index contributed by atoms with van der Waals surface area (Å²) >= 11 is 0. The molecule has 0 aliphatic heterocycles. The summed E-state index contributed by atoms with van der Waals surface area (Å²) in [7, 11) is 0. The van der Waals surface area contributed by atoms with E-state index in [1.807, 2.05) is 18.5 Å². The van der Waals surface area contributed by atoms with Crippen LogP contribution < -0.4 is 5.32 Å². The van der Waals surface area contributed by atoms with Gasteiger partial charge in [0.05, 0.1) is 0 Å². The minimum atomic E-state index is 0.395. The monoisotopic (exact) mass is 204 g/mol. The van der Waals surface area contributed by atoms with E-state index < -0.39 is 0 Å². The Labute approximate surface area is 92.1 Å². The molecule has 1 fully saturated rings. The van der Waals surface area contributed by atoms with Crippen LogP contribution in [-0.2, 0) is 0 Å². The third kappa shape index (κ3) is 2.37. The predicted molar refractivity (Wildman–Crippen MR) is 62.6 cm³/mol. The molecule has 15 heavy (non-hydrogen) atoms. The van der Waals surface area contributed by atoms with Gasteiger partial charge in [-0.15, -0.1) is 0 Å². The zero-order valence-electron chi connectivity index (χ0n) is 9.83. The Morgan fingerprint density at radius 2 is 2.13 bits per heavy atom. The fourth-order valence-electron chi connectivity index (χ4n) is 1.93. The van der Waals surface area contributed by atoms with Crippen LogP contribution in [0.25, 0.3) is 0 Å². The van der Waals surface area contributed by atoms with Crippen molar-refractivity contribution in [1.29, 1.82) is 0 Å². The Kier molecular flexibility index (Phi) is 2.79. The van der Waals surface area contributed by atoms with E-state index in [0.717, 1.165) is 0 Å². The van der Waals surface area contributed by atoms with E-state index in [4.69, 9.17) is 0 Å². The van der Waals surface area contributed by atoms with Crippen LogP contribution in [0, 0.1) is 5.41 Å². The molecule has 0 amide bonds. The molecule has 1 unspecified atom stereocenters. The summed E-state index contributed by atoms with van der Waals surface area (Å²) in [6, 6.07) is 5.11. The maximum absolute atomic E-state index is 4.15. The van der Waals surface area contributed by atoms with Gasteiger partial charge in [0.25, 0.3) is 0 Å². The maximum Gasteiger partial charge on any atom is 0.0315 e. The van der Waals surface area contributed by atoms with Crippen molar-refractivity contribution in [3.8, 4) is 0 Å². The van der Waals surface area contributed by atoms with Crippen LogP contribution in [0.2, 0.25) is 0 Å². The van der Waals surface area contributed by atoms with Crippen molar-refractivity contribution >= 4 is 0 Å². The normalized spacial score (nSPS) is 22.1. The summed E-state index contributed by atoms with van der Waals surface area (Å²) in [5.41, 5.74) is 1.81. The molecule has 1 aromatic rings. The maximum atomic E-state index is 4.15. The van der Waals surface area contributed by atoms with Gasteiger partial charge in [-0.05, 0) is 43.7 Å². The lowest BCUT2D eigenvalue weighted by Crippen LogP contribution is -2.35. The highest BCUT2D eigenvalue weighted by Gasteiger charge is 2.42. The van der Waals surface area contributed by atoms with Crippen molar-refractivity contribution in [3.05, 3.63) is 30.1 Å². The summed E-state index contributed by atoms with van der Waals surface area (Å²) in [5, 5.41) is 3.66. The molecule has 2 nitrogen and oxygen atoms in total. The van der Waals surface area contributed by atoms with Crippen LogP contribution in [0.4, 0.5) is 0 Å². The largest absolute Gasteiger partial charge is 0.307 e. The van der Waals surface area contributed by atoms with Crippen molar-refractivity contribution in [3.63, 3.8) is 0 Å². The molecule has 2 heteroatoms. The molecule has 2 rings (SSSR count). The van der Waals surface area contributed by atoms with Crippen molar-refractivity contribution in [2.24, 2.45) is 5.41 Å². The summed E-state index contributed by atoms with van der Waals surface area (Å²) in [6.07, 6.45) is 6.49. The fraction of sp³-hybridized carbons (Fsp3) is 0.615. The summed E-state index contributed by atoms with van der Waals surface area (Å²) < 4.78 is 0. The summed E-state index contributed by atoms with van der Waals surface area (Å²) in [4.78, 5) is 4.15. The molecule has 2 atom stereocenters. The molecule has 1 aromatic heterocycles. The van der Waals surface area contributed by atoms with Crippen molar-refractivity contribution in [2.75, 3.05) is 0 Å². The molecule has 0 spiro atoms. The van der Waals surface area contributed by atoms with Crippen LogP contribution in [0.3, 0.4) is 0 Å². The third-order valence-corrected chi connectivity index (χ3v) is 3.77. The van der Waals surface area contributed by atoms with Crippen LogP contribution >= 0.6 is 0 Å². The van der Waals surface area contributed by atoms with Gasteiger partial charge in [-0.1, -0.05) is 13.0 Å². The number of nitrogens with zero attached hydrogens (tertiary/aromatic N) is 1. The van der Waals surface area contributed by atoms with Gasteiger partial charge in [-0.25, -0.2) is 0 Å². The van der Waals surface area contributed by atoms with Gasteiger partial charge in [-0.3, -0.25) is 4.98 Å². The highest BCUT2D eigenvalue weighted by Crippen LogP contribution is 2.48. The highest BCUT2D eigenvalue weighted by atomic mass is 15.0. The molecule has 1 aliphatic carbocycles. The number of hydrogen-bond donors (Lipinski definition) is 1. The standard InChI is InChI=1S/C13H20N2/c1-10(12-5-4-8-14-9-12)15-11(2)13(3)6-7-13/h4-5,8-11,15H,6-7H2,1-3H3/t10-,11?/m1/s1. The van der Waals surface area contributed by atoms with Gasteiger partial charge >= 0.3 is 0 Å². The molecule has 0 radical (unpaired) electrons. The van der Waals surface area contributed by atoms with E-state index in [0.29, 0.717) is 17.5 Å². The van der Waals surface area contributed by atoms with Crippen LogP contribution in [-0.4, -0.2) is 11.0 Å². The minimum Gasteiger partial charge on any atom is -0.307 e. The quantitative estimate of drug-likeness (QED) is 0.815. The first-order valence-electron chi connectivity index (χ1n) is 5.78. The molecule has 0 bridgehead atoms. The Balaban J connectivity index is 1.95. The lowest BCUT2D eigenvalue weighted by atomic mass is 9.99. The Hall–Kier alpha value is -0.890. The SMILES string of the molecule is CC(N[C@H](C)c1cccnc1)C1(C)CC1. The first-order valence-corrected chi connectivity index (χ1v) is 5.78. The van der Waals surface area contributed by atoms with Gasteiger partial charge in [0.2, 0.25) is 0 Å². The van der Waals surface area contributed by atoms with E-state index in [2.05, 4.69) is 37.1 Å². The Bertz CT molecular complexity index is 317. The minimum absolute atomic E-state index is 0.395. The molecule has 1 saturated carbocycles. The number of pyridine rings is 1.